The maximum absolute atomic E-state index is 6.05. The van der Waals surface area contributed by atoms with Crippen LogP contribution in [0.1, 0.15) is 19.3 Å². The molecule has 1 aliphatic heterocycles. The number of hydrogen-bond donors (Lipinski definition) is 1. The van der Waals surface area contributed by atoms with Crippen molar-refractivity contribution < 1.29 is 0 Å². The number of hydrogen-bond acceptors (Lipinski definition) is 7. The standard InChI is InChI=1S/C13H16N6S/c14-11-8-10(19-6-2-1-3-7-19)4-5-12(11)16-18-13-17-15-9-20-13/h4-5,8-9H,1-3,6-7,14H2. The molecule has 2 N–H and O–H groups in total. The topological polar surface area (TPSA) is 79.8 Å². The van der Waals surface area contributed by atoms with Gasteiger partial charge in [-0.25, -0.2) is 0 Å². The smallest absolute Gasteiger partial charge is 0.251 e. The van der Waals surface area contributed by atoms with Gasteiger partial charge in [0, 0.05) is 18.8 Å². The highest BCUT2D eigenvalue weighted by Crippen LogP contribution is 2.30. The Hall–Kier alpha value is -2.02. The van der Waals surface area contributed by atoms with Crippen molar-refractivity contribution in [1.82, 2.24) is 10.2 Å². The van der Waals surface area contributed by atoms with E-state index in [4.69, 9.17) is 5.73 Å². The van der Waals surface area contributed by atoms with Gasteiger partial charge in [-0.05, 0) is 37.5 Å². The van der Waals surface area contributed by atoms with E-state index < -0.39 is 0 Å². The van der Waals surface area contributed by atoms with Crippen molar-refractivity contribution in [3.05, 3.63) is 23.7 Å². The Bertz CT molecular complexity index is 589. The van der Waals surface area contributed by atoms with E-state index in [0.717, 1.165) is 18.8 Å². The molecule has 6 nitrogen and oxygen atoms in total. The predicted octanol–water partition coefficient (Wildman–Crippen LogP) is 3.53. The molecular weight excluding hydrogens is 272 g/mol. The summed E-state index contributed by atoms with van der Waals surface area (Å²) in [6.07, 6.45) is 3.82. The van der Waals surface area contributed by atoms with Gasteiger partial charge >= 0.3 is 0 Å². The summed E-state index contributed by atoms with van der Waals surface area (Å²) in [4.78, 5) is 2.37. The van der Waals surface area contributed by atoms with Crippen molar-refractivity contribution in [2.24, 2.45) is 10.2 Å². The zero-order valence-corrected chi connectivity index (χ0v) is 11.9. The second-order valence-electron chi connectivity index (χ2n) is 4.71. The molecular formula is C13H16N6S. The fourth-order valence-electron chi connectivity index (χ4n) is 2.29. The van der Waals surface area contributed by atoms with Crippen LogP contribution in [0.25, 0.3) is 0 Å². The number of aromatic nitrogens is 2. The molecule has 0 saturated carbocycles. The summed E-state index contributed by atoms with van der Waals surface area (Å²) in [5, 5.41) is 16.2. The zero-order valence-electron chi connectivity index (χ0n) is 11.1. The lowest BCUT2D eigenvalue weighted by atomic mass is 10.1. The van der Waals surface area contributed by atoms with E-state index in [9.17, 15) is 0 Å². The second kappa shape index (κ2) is 5.96. The summed E-state index contributed by atoms with van der Waals surface area (Å²) < 4.78 is 0. The van der Waals surface area contributed by atoms with Crippen LogP contribution in [0.15, 0.2) is 33.9 Å². The van der Waals surface area contributed by atoms with Gasteiger partial charge in [-0.15, -0.1) is 20.4 Å². The minimum Gasteiger partial charge on any atom is -0.397 e. The van der Waals surface area contributed by atoms with Gasteiger partial charge in [-0.3, -0.25) is 0 Å². The molecule has 0 radical (unpaired) electrons. The molecule has 0 spiro atoms. The monoisotopic (exact) mass is 288 g/mol. The van der Waals surface area contributed by atoms with Crippen LogP contribution in [0, 0.1) is 0 Å². The fourth-order valence-corrected chi connectivity index (χ4v) is 2.66. The summed E-state index contributed by atoms with van der Waals surface area (Å²) >= 11 is 1.34. The Labute approximate surface area is 121 Å². The summed E-state index contributed by atoms with van der Waals surface area (Å²) in [6.45, 7) is 2.20. The summed E-state index contributed by atoms with van der Waals surface area (Å²) in [5.41, 5.74) is 10.1. The first kappa shape index (κ1) is 13.0. The Kier molecular flexibility index (Phi) is 3.87. The highest BCUT2D eigenvalue weighted by molar-refractivity contribution is 7.13. The van der Waals surface area contributed by atoms with Gasteiger partial charge in [0.25, 0.3) is 5.13 Å². The van der Waals surface area contributed by atoms with Crippen LogP contribution < -0.4 is 10.6 Å². The second-order valence-corrected chi connectivity index (χ2v) is 5.52. The number of nitrogen functional groups attached to an aromatic ring is 1. The quantitative estimate of drug-likeness (QED) is 0.692. The molecule has 7 heteroatoms. The van der Waals surface area contributed by atoms with Crippen LogP contribution >= 0.6 is 11.3 Å². The summed E-state index contributed by atoms with van der Waals surface area (Å²) in [7, 11) is 0. The maximum Gasteiger partial charge on any atom is 0.251 e. The van der Waals surface area contributed by atoms with Gasteiger partial charge in [0.05, 0.1) is 5.69 Å². The van der Waals surface area contributed by atoms with Crippen molar-refractivity contribution >= 4 is 33.5 Å². The average Bonchev–Trinajstić information content (AvgIpc) is 3.00. The first-order chi connectivity index (χ1) is 9.83. The first-order valence-electron chi connectivity index (χ1n) is 6.65. The zero-order chi connectivity index (χ0) is 13.8. The van der Waals surface area contributed by atoms with Crippen molar-refractivity contribution in [3.63, 3.8) is 0 Å². The first-order valence-corrected chi connectivity index (χ1v) is 7.53. The SMILES string of the molecule is Nc1cc(N2CCCCC2)ccc1N=Nc1nncs1. The highest BCUT2D eigenvalue weighted by Gasteiger charge is 2.12. The Morgan fingerprint density at radius 3 is 2.70 bits per heavy atom. The number of nitrogens with zero attached hydrogens (tertiary/aromatic N) is 5. The van der Waals surface area contributed by atoms with Gasteiger partial charge in [0.1, 0.15) is 11.2 Å². The number of anilines is 2. The molecule has 0 unspecified atom stereocenters. The van der Waals surface area contributed by atoms with Gasteiger partial charge in [-0.2, -0.15) is 0 Å². The Morgan fingerprint density at radius 1 is 1.15 bits per heavy atom. The Morgan fingerprint density at radius 2 is 2.00 bits per heavy atom. The molecule has 104 valence electrons. The van der Waals surface area contributed by atoms with Crippen LogP contribution in [0.5, 0.6) is 0 Å². The molecule has 3 rings (SSSR count). The van der Waals surface area contributed by atoms with Gasteiger partial charge < -0.3 is 10.6 Å². The molecule has 2 heterocycles. The van der Waals surface area contributed by atoms with Crippen LogP contribution in [-0.2, 0) is 0 Å². The molecule has 1 fully saturated rings. The van der Waals surface area contributed by atoms with Crippen LogP contribution in [-0.4, -0.2) is 23.3 Å². The third-order valence-corrected chi connectivity index (χ3v) is 3.90. The lowest BCUT2D eigenvalue weighted by Gasteiger charge is -2.29. The summed E-state index contributed by atoms with van der Waals surface area (Å²) in [6, 6.07) is 5.93. The van der Waals surface area contributed by atoms with Gasteiger partial charge in [0.2, 0.25) is 0 Å². The van der Waals surface area contributed by atoms with Crippen LogP contribution in [0.3, 0.4) is 0 Å². The largest absolute Gasteiger partial charge is 0.397 e. The van der Waals surface area contributed by atoms with Crippen LogP contribution in [0.4, 0.5) is 22.2 Å². The molecule has 1 aliphatic rings. The molecule has 2 aromatic rings. The lowest BCUT2D eigenvalue weighted by Crippen LogP contribution is -2.29. The van der Waals surface area contributed by atoms with E-state index in [0.29, 0.717) is 16.5 Å². The van der Waals surface area contributed by atoms with E-state index in [1.807, 2.05) is 12.1 Å². The number of azo groups is 1. The summed E-state index contributed by atoms with van der Waals surface area (Å²) in [5.74, 6) is 0. The van der Waals surface area contributed by atoms with Crippen molar-refractivity contribution in [2.45, 2.75) is 19.3 Å². The van der Waals surface area contributed by atoms with Crippen molar-refractivity contribution in [3.8, 4) is 0 Å². The molecule has 0 bridgehead atoms. The molecule has 20 heavy (non-hydrogen) atoms. The Balaban J connectivity index is 1.77. The van der Waals surface area contributed by atoms with E-state index in [-0.39, 0.29) is 0 Å². The van der Waals surface area contributed by atoms with Gasteiger partial charge in [0.15, 0.2) is 0 Å². The molecule has 0 atom stereocenters. The average molecular weight is 288 g/mol. The van der Waals surface area contributed by atoms with E-state index >= 15 is 0 Å². The van der Waals surface area contributed by atoms with Crippen molar-refractivity contribution in [1.29, 1.82) is 0 Å². The fraction of sp³-hybridized carbons (Fsp3) is 0.385. The van der Waals surface area contributed by atoms with Crippen molar-refractivity contribution in [2.75, 3.05) is 23.7 Å². The minimum atomic E-state index is 0.532. The normalized spacial score (nSPS) is 15.9. The lowest BCUT2D eigenvalue weighted by molar-refractivity contribution is 0.578. The van der Waals surface area contributed by atoms with E-state index in [1.165, 1.54) is 30.6 Å². The van der Waals surface area contributed by atoms with E-state index in [2.05, 4.69) is 31.4 Å². The molecule has 0 amide bonds. The maximum atomic E-state index is 6.05. The number of benzene rings is 1. The third-order valence-electron chi connectivity index (χ3n) is 3.32. The molecule has 0 aliphatic carbocycles. The third kappa shape index (κ3) is 2.93. The molecule has 1 aromatic carbocycles. The molecule has 1 saturated heterocycles. The molecule has 1 aromatic heterocycles. The minimum absolute atomic E-state index is 0.532. The van der Waals surface area contributed by atoms with E-state index in [1.54, 1.807) is 5.51 Å². The van der Waals surface area contributed by atoms with Crippen LogP contribution in [0.2, 0.25) is 0 Å². The highest BCUT2D eigenvalue weighted by atomic mass is 32.1. The van der Waals surface area contributed by atoms with Gasteiger partial charge in [-0.1, -0.05) is 11.3 Å². The number of nitrogens with two attached hydrogens (primary N) is 1. The number of piperidine rings is 1. The predicted molar refractivity (Wildman–Crippen MR) is 81.0 cm³/mol. The number of rotatable bonds is 3.